The third kappa shape index (κ3) is 6.34. The summed E-state index contributed by atoms with van der Waals surface area (Å²) in [5.74, 6) is 0.865. The van der Waals surface area contributed by atoms with Gasteiger partial charge in [-0.25, -0.2) is 0 Å². The summed E-state index contributed by atoms with van der Waals surface area (Å²) in [7, 11) is 0. The van der Waals surface area contributed by atoms with Gasteiger partial charge in [-0.05, 0) is 43.1 Å². The van der Waals surface area contributed by atoms with Gasteiger partial charge in [-0.2, -0.15) is 11.8 Å². The number of nitrogens with two attached hydrogens (primary N) is 1. The van der Waals surface area contributed by atoms with Gasteiger partial charge in [-0.1, -0.05) is 12.8 Å². The first-order valence-corrected chi connectivity index (χ1v) is 8.16. The average Bonchev–Trinajstić information content (AvgIpc) is 2.82. The topological polar surface area (TPSA) is 75.4 Å². The smallest absolute Gasteiger partial charge is 0.236 e. The molecule has 1 aliphatic carbocycles. The number of carbonyl (C=O) groups excluding carboxylic acids is 1. The summed E-state index contributed by atoms with van der Waals surface area (Å²) in [5.41, 5.74) is 5.95. The molecule has 1 amide bonds. The van der Waals surface area contributed by atoms with Crippen LogP contribution in [-0.4, -0.2) is 42.2 Å². The molecule has 0 saturated heterocycles. The number of aliphatic hydroxyl groups is 1. The molecule has 4 N–H and O–H groups in total. The Morgan fingerprint density at radius 2 is 2.11 bits per heavy atom. The molecular formula is C13H27ClN2O2S. The van der Waals surface area contributed by atoms with Crippen LogP contribution in [0.4, 0.5) is 0 Å². The van der Waals surface area contributed by atoms with E-state index in [9.17, 15) is 4.79 Å². The summed E-state index contributed by atoms with van der Waals surface area (Å²) in [5, 5.41) is 12.1. The van der Waals surface area contributed by atoms with Crippen LogP contribution in [0.15, 0.2) is 0 Å². The molecule has 1 aliphatic rings. The summed E-state index contributed by atoms with van der Waals surface area (Å²) in [6.07, 6.45) is 8.14. The lowest BCUT2D eigenvalue weighted by atomic mass is 9.83. The maximum absolute atomic E-state index is 11.8. The van der Waals surface area contributed by atoms with E-state index in [1.165, 1.54) is 12.8 Å². The minimum absolute atomic E-state index is 0. The quantitative estimate of drug-likeness (QED) is 0.636. The number of halogens is 1. The molecule has 0 aromatic carbocycles. The molecule has 114 valence electrons. The molecule has 1 atom stereocenters. The Kier molecular flexibility index (Phi) is 9.87. The van der Waals surface area contributed by atoms with E-state index in [0.717, 1.165) is 31.4 Å². The number of thioether (sulfide) groups is 1. The fourth-order valence-electron chi connectivity index (χ4n) is 2.66. The second-order valence-electron chi connectivity index (χ2n) is 5.29. The van der Waals surface area contributed by atoms with Gasteiger partial charge >= 0.3 is 0 Å². The van der Waals surface area contributed by atoms with E-state index in [2.05, 4.69) is 5.32 Å². The first kappa shape index (κ1) is 19.0. The van der Waals surface area contributed by atoms with Crippen molar-refractivity contribution in [1.29, 1.82) is 0 Å². The minimum atomic E-state index is -0.398. The highest BCUT2D eigenvalue weighted by molar-refractivity contribution is 7.98. The van der Waals surface area contributed by atoms with Gasteiger partial charge in [-0.3, -0.25) is 4.79 Å². The van der Waals surface area contributed by atoms with Crippen LogP contribution in [0.5, 0.6) is 0 Å². The Hall–Kier alpha value is 0.0300. The Balaban J connectivity index is 0.00000324. The van der Waals surface area contributed by atoms with Crippen molar-refractivity contribution in [3.63, 3.8) is 0 Å². The molecule has 0 aliphatic heterocycles. The molecule has 0 spiro atoms. The van der Waals surface area contributed by atoms with Gasteiger partial charge in [0.25, 0.3) is 0 Å². The van der Waals surface area contributed by atoms with Gasteiger partial charge in [0, 0.05) is 13.2 Å². The largest absolute Gasteiger partial charge is 0.396 e. The van der Waals surface area contributed by atoms with E-state index >= 15 is 0 Å². The van der Waals surface area contributed by atoms with E-state index in [0.29, 0.717) is 6.54 Å². The number of rotatable bonds is 8. The van der Waals surface area contributed by atoms with Crippen molar-refractivity contribution in [1.82, 2.24) is 5.32 Å². The zero-order valence-corrected chi connectivity index (χ0v) is 13.3. The predicted octanol–water partition coefficient (Wildman–Crippen LogP) is 1.55. The van der Waals surface area contributed by atoms with Crippen LogP contribution in [0.3, 0.4) is 0 Å². The van der Waals surface area contributed by atoms with Crippen molar-refractivity contribution in [2.24, 2.45) is 11.1 Å². The SMILES string of the molecule is CSCC[C@H](N)C(=O)NCC1(CCO)CCCC1.Cl. The summed E-state index contributed by atoms with van der Waals surface area (Å²) in [4.78, 5) is 11.8. The highest BCUT2D eigenvalue weighted by atomic mass is 35.5. The minimum Gasteiger partial charge on any atom is -0.396 e. The fraction of sp³-hybridized carbons (Fsp3) is 0.923. The molecule has 19 heavy (non-hydrogen) atoms. The third-order valence-electron chi connectivity index (χ3n) is 3.91. The van der Waals surface area contributed by atoms with Crippen molar-refractivity contribution >= 4 is 30.1 Å². The molecule has 0 heterocycles. The van der Waals surface area contributed by atoms with Gasteiger partial charge in [0.2, 0.25) is 5.91 Å². The monoisotopic (exact) mass is 310 g/mol. The fourth-order valence-corrected chi connectivity index (χ4v) is 3.15. The molecule has 1 saturated carbocycles. The van der Waals surface area contributed by atoms with Gasteiger partial charge in [-0.15, -0.1) is 12.4 Å². The summed E-state index contributed by atoms with van der Waals surface area (Å²) in [6.45, 7) is 0.869. The lowest BCUT2D eigenvalue weighted by molar-refractivity contribution is -0.123. The molecular weight excluding hydrogens is 284 g/mol. The summed E-state index contributed by atoms with van der Waals surface area (Å²) >= 11 is 1.71. The number of carbonyl (C=O) groups is 1. The van der Waals surface area contributed by atoms with Crippen LogP contribution in [0.1, 0.15) is 38.5 Å². The predicted molar refractivity (Wildman–Crippen MR) is 83.8 cm³/mol. The maximum Gasteiger partial charge on any atom is 0.236 e. The molecule has 6 heteroatoms. The maximum atomic E-state index is 11.8. The van der Waals surface area contributed by atoms with E-state index in [1.807, 2.05) is 6.26 Å². The summed E-state index contributed by atoms with van der Waals surface area (Å²) in [6, 6.07) is -0.398. The average molecular weight is 311 g/mol. The van der Waals surface area contributed by atoms with Gasteiger partial charge < -0.3 is 16.2 Å². The molecule has 4 nitrogen and oxygen atoms in total. The van der Waals surface area contributed by atoms with E-state index in [4.69, 9.17) is 10.8 Å². The first-order chi connectivity index (χ1) is 8.63. The van der Waals surface area contributed by atoms with Crippen LogP contribution in [0, 0.1) is 5.41 Å². The molecule has 0 radical (unpaired) electrons. The number of nitrogens with one attached hydrogen (secondary N) is 1. The zero-order valence-electron chi connectivity index (χ0n) is 11.7. The lowest BCUT2D eigenvalue weighted by Gasteiger charge is -2.29. The summed E-state index contributed by atoms with van der Waals surface area (Å²) < 4.78 is 0. The highest BCUT2D eigenvalue weighted by Crippen LogP contribution is 2.40. The highest BCUT2D eigenvalue weighted by Gasteiger charge is 2.33. The van der Waals surface area contributed by atoms with Gasteiger partial charge in [0.15, 0.2) is 0 Å². The Morgan fingerprint density at radius 3 is 2.63 bits per heavy atom. The molecule has 0 bridgehead atoms. The van der Waals surface area contributed by atoms with Crippen LogP contribution < -0.4 is 11.1 Å². The van der Waals surface area contributed by atoms with Crippen molar-refractivity contribution in [3.8, 4) is 0 Å². The van der Waals surface area contributed by atoms with Crippen molar-refractivity contribution in [2.75, 3.05) is 25.2 Å². The van der Waals surface area contributed by atoms with Crippen LogP contribution in [0.25, 0.3) is 0 Å². The van der Waals surface area contributed by atoms with E-state index in [1.54, 1.807) is 11.8 Å². The Morgan fingerprint density at radius 1 is 1.47 bits per heavy atom. The second-order valence-corrected chi connectivity index (χ2v) is 6.27. The molecule has 0 aromatic rings. The van der Waals surface area contributed by atoms with Crippen molar-refractivity contribution < 1.29 is 9.90 Å². The van der Waals surface area contributed by atoms with Crippen molar-refractivity contribution in [3.05, 3.63) is 0 Å². The number of hydrogen-bond donors (Lipinski definition) is 3. The molecule has 1 fully saturated rings. The lowest BCUT2D eigenvalue weighted by Crippen LogP contribution is -2.45. The van der Waals surface area contributed by atoms with E-state index in [-0.39, 0.29) is 30.3 Å². The van der Waals surface area contributed by atoms with Crippen molar-refractivity contribution in [2.45, 2.75) is 44.6 Å². The van der Waals surface area contributed by atoms with Crippen LogP contribution in [0.2, 0.25) is 0 Å². The van der Waals surface area contributed by atoms with Gasteiger partial charge in [0.1, 0.15) is 0 Å². The Labute approximate surface area is 126 Å². The zero-order chi connectivity index (χ0) is 13.4. The van der Waals surface area contributed by atoms with Gasteiger partial charge in [0.05, 0.1) is 6.04 Å². The molecule has 1 rings (SSSR count). The molecule has 0 aromatic heterocycles. The Bertz CT molecular complexity index is 261. The van der Waals surface area contributed by atoms with Crippen LogP contribution >= 0.6 is 24.2 Å². The normalized spacial score (nSPS) is 18.7. The third-order valence-corrected chi connectivity index (χ3v) is 4.56. The standard InChI is InChI=1S/C13H26N2O2S.ClH/c1-18-9-4-11(14)12(17)15-10-13(7-8-16)5-2-3-6-13;/h11,16H,2-10,14H2,1H3,(H,15,17);1H/t11-;/m0./s1. The number of amides is 1. The van der Waals surface area contributed by atoms with E-state index < -0.39 is 6.04 Å². The molecule has 0 unspecified atom stereocenters. The first-order valence-electron chi connectivity index (χ1n) is 6.77. The van der Waals surface area contributed by atoms with Crippen LogP contribution in [-0.2, 0) is 4.79 Å². The number of aliphatic hydroxyl groups excluding tert-OH is 1. The second kappa shape index (κ2) is 9.86. The number of hydrogen-bond acceptors (Lipinski definition) is 4.